The summed E-state index contributed by atoms with van der Waals surface area (Å²) in [6, 6.07) is 3.84. The Morgan fingerprint density at radius 1 is 1.00 bits per heavy atom. The van der Waals surface area contributed by atoms with E-state index in [1.165, 1.54) is 0 Å². The number of rotatable bonds is 12. The van der Waals surface area contributed by atoms with Gasteiger partial charge >= 0.3 is 0 Å². The lowest BCUT2D eigenvalue weighted by atomic mass is 10.2. The van der Waals surface area contributed by atoms with Crippen LogP contribution in [0.4, 0.5) is 0 Å². The summed E-state index contributed by atoms with van der Waals surface area (Å²) in [6.45, 7) is 4.11. The maximum absolute atomic E-state index is 5.39. The summed E-state index contributed by atoms with van der Waals surface area (Å²) in [4.78, 5) is 6.53. The molecule has 8 nitrogen and oxygen atoms in total. The van der Waals surface area contributed by atoms with Crippen molar-refractivity contribution in [3.8, 4) is 17.2 Å². The molecule has 8 heteroatoms. The average Bonchev–Trinajstić information content (AvgIpc) is 2.69. The third-order valence-corrected chi connectivity index (χ3v) is 4.08. The highest BCUT2D eigenvalue weighted by Gasteiger charge is 2.13. The predicted octanol–water partition coefficient (Wildman–Crippen LogP) is 1.35. The highest BCUT2D eigenvalue weighted by atomic mass is 16.5. The van der Waals surface area contributed by atoms with Crippen molar-refractivity contribution in [2.75, 3.05) is 68.8 Å². The minimum Gasteiger partial charge on any atom is -0.493 e. The summed E-state index contributed by atoms with van der Waals surface area (Å²) < 4.78 is 21.2. The van der Waals surface area contributed by atoms with Gasteiger partial charge in [0.15, 0.2) is 17.5 Å². The Balaban J connectivity index is 2.53. The maximum Gasteiger partial charge on any atom is 0.203 e. The molecule has 0 fully saturated rings. The van der Waals surface area contributed by atoms with Gasteiger partial charge in [0.25, 0.3) is 0 Å². The standard InChI is InChI=1S/C19H34N4O4/c1-20-19(21-8-10-23(2)9-7-11-24-3)22-14-15-12-16(25-4)18(27-6)17(13-15)26-5/h12-13H,7-11,14H2,1-6H3,(H2,20,21,22). The van der Waals surface area contributed by atoms with Crippen LogP contribution in [0.2, 0.25) is 0 Å². The van der Waals surface area contributed by atoms with Crippen LogP contribution in [0.15, 0.2) is 17.1 Å². The van der Waals surface area contributed by atoms with E-state index in [0.717, 1.165) is 44.2 Å². The molecule has 0 heterocycles. The lowest BCUT2D eigenvalue weighted by Gasteiger charge is -2.18. The minimum atomic E-state index is 0.583. The van der Waals surface area contributed by atoms with Crippen LogP contribution in [-0.4, -0.2) is 79.6 Å². The molecule has 0 bridgehead atoms. The molecule has 0 spiro atoms. The van der Waals surface area contributed by atoms with Gasteiger partial charge in [-0.2, -0.15) is 0 Å². The molecular weight excluding hydrogens is 348 g/mol. The van der Waals surface area contributed by atoms with E-state index in [4.69, 9.17) is 18.9 Å². The SMILES string of the molecule is CN=C(NCCN(C)CCCOC)NCc1cc(OC)c(OC)c(OC)c1. The zero-order valence-electron chi connectivity index (χ0n) is 17.4. The first-order valence-electron chi connectivity index (χ1n) is 9.00. The zero-order chi connectivity index (χ0) is 20.1. The van der Waals surface area contributed by atoms with E-state index in [-0.39, 0.29) is 0 Å². The number of nitrogens with one attached hydrogen (secondary N) is 2. The van der Waals surface area contributed by atoms with Crippen molar-refractivity contribution in [3.05, 3.63) is 17.7 Å². The molecule has 0 saturated heterocycles. The van der Waals surface area contributed by atoms with Crippen LogP contribution in [0.1, 0.15) is 12.0 Å². The van der Waals surface area contributed by atoms with Gasteiger partial charge in [0.2, 0.25) is 5.75 Å². The Morgan fingerprint density at radius 3 is 2.19 bits per heavy atom. The van der Waals surface area contributed by atoms with Crippen molar-refractivity contribution < 1.29 is 18.9 Å². The Morgan fingerprint density at radius 2 is 1.67 bits per heavy atom. The van der Waals surface area contributed by atoms with Gasteiger partial charge in [-0.1, -0.05) is 0 Å². The van der Waals surface area contributed by atoms with E-state index in [1.54, 1.807) is 35.5 Å². The number of hydrogen-bond donors (Lipinski definition) is 2. The minimum absolute atomic E-state index is 0.583. The van der Waals surface area contributed by atoms with E-state index in [0.29, 0.717) is 23.8 Å². The average molecular weight is 383 g/mol. The fourth-order valence-electron chi connectivity index (χ4n) is 2.60. The smallest absolute Gasteiger partial charge is 0.203 e. The topological polar surface area (TPSA) is 76.6 Å². The molecule has 0 unspecified atom stereocenters. The fourth-order valence-corrected chi connectivity index (χ4v) is 2.60. The molecule has 0 aromatic heterocycles. The third-order valence-electron chi connectivity index (χ3n) is 4.08. The number of aliphatic imine (C=N–C) groups is 1. The highest BCUT2D eigenvalue weighted by Crippen LogP contribution is 2.38. The Hall–Kier alpha value is -2.19. The van der Waals surface area contributed by atoms with Crippen LogP contribution in [0, 0.1) is 0 Å². The Bertz CT molecular complexity index is 556. The molecule has 0 saturated carbocycles. The first-order chi connectivity index (χ1) is 13.1. The van der Waals surface area contributed by atoms with Crippen molar-refractivity contribution in [1.82, 2.24) is 15.5 Å². The molecule has 154 valence electrons. The van der Waals surface area contributed by atoms with Gasteiger partial charge in [0.05, 0.1) is 21.3 Å². The lowest BCUT2D eigenvalue weighted by Crippen LogP contribution is -2.40. The number of nitrogens with zero attached hydrogens (tertiary/aromatic N) is 2. The molecule has 1 aromatic carbocycles. The van der Waals surface area contributed by atoms with Crippen LogP contribution >= 0.6 is 0 Å². The molecule has 2 N–H and O–H groups in total. The summed E-state index contributed by atoms with van der Waals surface area (Å²) >= 11 is 0. The third kappa shape index (κ3) is 7.92. The largest absolute Gasteiger partial charge is 0.493 e. The number of methoxy groups -OCH3 is 4. The van der Waals surface area contributed by atoms with Gasteiger partial charge in [0, 0.05) is 46.9 Å². The monoisotopic (exact) mass is 382 g/mol. The summed E-state index contributed by atoms with van der Waals surface area (Å²) in [6.07, 6.45) is 1.03. The first-order valence-corrected chi connectivity index (χ1v) is 9.00. The van der Waals surface area contributed by atoms with Crippen LogP contribution in [0.3, 0.4) is 0 Å². The second kappa shape index (κ2) is 13.1. The maximum atomic E-state index is 5.39. The first kappa shape index (κ1) is 22.9. The summed E-state index contributed by atoms with van der Waals surface area (Å²) in [7, 11) is 10.4. The van der Waals surface area contributed by atoms with E-state index < -0.39 is 0 Å². The van der Waals surface area contributed by atoms with Crippen LogP contribution in [-0.2, 0) is 11.3 Å². The van der Waals surface area contributed by atoms with Gasteiger partial charge in [-0.05, 0) is 31.2 Å². The van der Waals surface area contributed by atoms with E-state index >= 15 is 0 Å². The van der Waals surface area contributed by atoms with Crippen LogP contribution in [0.25, 0.3) is 0 Å². The lowest BCUT2D eigenvalue weighted by molar-refractivity contribution is 0.180. The summed E-state index contributed by atoms with van der Waals surface area (Å²) in [5, 5.41) is 6.62. The molecule has 0 aliphatic carbocycles. The van der Waals surface area contributed by atoms with Gasteiger partial charge in [-0.15, -0.1) is 0 Å². The number of likely N-dealkylation sites (N-methyl/N-ethyl adjacent to an activating group) is 1. The van der Waals surface area contributed by atoms with E-state index in [9.17, 15) is 0 Å². The van der Waals surface area contributed by atoms with Crippen LogP contribution in [0.5, 0.6) is 17.2 Å². The molecule has 0 radical (unpaired) electrons. The number of hydrogen-bond acceptors (Lipinski definition) is 6. The van der Waals surface area contributed by atoms with Crippen molar-refractivity contribution in [1.29, 1.82) is 0 Å². The molecule has 0 aliphatic heterocycles. The van der Waals surface area contributed by atoms with Gasteiger partial charge < -0.3 is 34.5 Å². The molecule has 1 rings (SSSR count). The molecular formula is C19H34N4O4. The number of guanidine groups is 1. The second-order valence-electron chi connectivity index (χ2n) is 6.04. The molecule has 0 amide bonds. The second-order valence-corrected chi connectivity index (χ2v) is 6.04. The summed E-state index contributed by atoms with van der Waals surface area (Å²) in [5.41, 5.74) is 1.00. The van der Waals surface area contributed by atoms with Gasteiger partial charge in [-0.3, -0.25) is 4.99 Å². The normalized spacial score (nSPS) is 11.4. The Labute approximate surface area is 162 Å². The molecule has 27 heavy (non-hydrogen) atoms. The van der Waals surface area contributed by atoms with Gasteiger partial charge in [0.1, 0.15) is 0 Å². The van der Waals surface area contributed by atoms with E-state index in [2.05, 4.69) is 27.6 Å². The molecule has 0 atom stereocenters. The van der Waals surface area contributed by atoms with E-state index in [1.807, 2.05) is 12.1 Å². The quantitative estimate of drug-likeness (QED) is 0.321. The summed E-state index contributed by atoms with van der Waals surface area (Å²) in [5.74, 6) is 2.60. The number of benzene rings is 1. The van der Waals surface area contributed by atoms with Crippen molar-refractivity contribution in [3.63, 3.8) is 0 Å². The van der Waals surface area contributed by atoms with Crippen molar-refractivity contribution >= 4 is 5.96 Å². The predicted molar refractivity (Wildman–Crippen MR) is 108 cm³/mol. The van der Waals surface area contributed by atoms with Crippen molar-refractivity contribution in [2.24, 2.45) is 4.99 Å². The highest BCUT2D eigenvalue weighted by molar-refractivity contribution is 5.79. The van der Waals surface area contributed by atoms with Crippen molar-refractivity contribution in [2.45, 2.75) is 13.0 Å². The zero-order valence-corrected chi connectivity index (χ0v) is 17.4. The Kier molecular flexibility index (Phi) is 11.0. The fraction of sp³-hybridized carbons (Fsp3) is 0.632. The van der Waals surface area contributed by atoms with Crippen LogP contribution < -0.4 is 24.8 Å². The molecule has 0 aliphatic rings. The number of ether oxygens (including phenoxy) is 4. The molecule has 1 aromatic rings. The van der Waals surface area contributed by atoms with Gasteiger partial charge in [-0.25, -0.2) is 0 Å².